The quantitative estimate of drug-likeness (QED) is 0.0316. The molecule has 75 heavy (non-hydrogen) atoms. The van der Waals surface area contributed by atoms with Gasteiger partial charge in [0, 0.05) is 13.0 Å². The third kappa shape index (κ3) is 15.5. The Bertz CT molecular complexity index is 2330. The van der Waals surface area contributed by atoms with Crippen LogP contribution in [0.4, 0.5) is 0 Å². The van der Waals surface area contributed by atoms with Crippen LogP contribution in [0.3, 0.4) is 0 Å². The lowest BCUT2D eigenvalue weighted by Gasteiger charge is -2.44. The van der Waals surface area contributed by atoms with E-state index in [4.69, 9.17) is 47.4 Å². The number of aliphatic hydroxyl groups is 10. The second-order valence-electron chi connectivity index (χ2n) is 18.5. The predicted molar refractivity (Wildman–Crippen MR) is 252 cm³/mol. The smallest absolute Gasteiger partial charge is 0.339 e. The van der Waals surface area contributed by atoms with Crippen LogP contribution in [-0.4, -0.2) is 192 Å². The number of hydrogen-bond donors (Lipinski definition) is 10. The maximum absolute atomic E-state index is 14.6. The van der Waals surface area contributed by atoms with Gasteiger partial charge in [0.05, 0.1) is 19.6 Å². The summed E-state index contributed by atoms with van der Waals surface area (Å²) >= 11 is 0. The second kappa shape index (κ2) is 26.9. The van der Waals surface area contributed by atoms with Crippen molar-refractivity contribution in [3.8, 4) is 11.5 Å². The molecular weight excluding hydrogens is 997 g/mol. The molecule has 0 amide bonds. The van der Waals surface area contributed by atoms with Crippen molar-refractivity contribution in [3.63, 3.8) is 0 Å². The van der Waals surface area contributed by atoms with Gasteiger partial charge >= 0.3 is 23.9 Å². The highest BCUT2D eigenvalue weighted by Gasteiger charge is 2.54. The summed E-state index contributed by atoms with van der Waals surface area (Å²) in [6.07, 6.45) is -23.2. The van der Waals surface area contributed by atoms with Crippen LogP contribution in [0.25, 0.3) is 6.08 Å². The van der Waals surface area contributed by atoms with E-state index in [1.165, 1.54) is 54.6 Å². The first-order chi connectivity index (χ1) is 35.7. The van der Waals surface area contributed by atoms with Crippen LogP contribution in [0.15, 0.2) is 84.9 Å². The molecule has 0 saturated carbocycles. The minimum Gasteiger partial charge on any atom is -0.463 e. The summed E-state index contributed by atoms with van der Waals surface area (Å²) in [6.45, 7) is 1.64. The van der Waals surface area contributed by atoms with Crippen molar-refractivity contribution in [3.05, 3.63) is 102 Å². The first-order valence-corrected chi connectivity index (χ1v) is 23.9. The summed E-state index contributed by atoms with van der Waals surface area (Å²) in [6, 6.07) is 20.2. The van der Waals surface area contributed by atoms with Crippen molar-refractivity contribution in [1.82, 2.24) is 0 Å². The zero-order valence-electron chi connectivity index (χ0n) is 41.0. The van der Waals surface area contributed by atoms with Crippen LogP contribution in [0.2, 0.25) is 0 Å². The van der Waals surface area contributed by atoms with E-state index >= 15 is 0 Å². The Hall–Kier alpha value is -5.68. The normalized spacial score (nSPS) is 30.7. The first-order valence-electron chi connectivity index (χ1n) is 23.9. The predicted octanol–water partition coefficient (Wildman–Crippen LogP) is -1.34. The van der Waals surface area contributed by atoms with Crippen molar-refractivity contribution in [2.75, 3.05) is 19.8 Å². The average molecular weight is 1060 g/mol. The molecule has 3 aliphatic rings. The summed E-state index contributed by atoms with van der Waals surface area (Å²) in [5.74, 6) is -4.17. The molecule has 16 atom stereocenters. The van der Waals surface area contributed by atoms with Gasteiger partial charge in [-0.3, -0.25) is 9.59 Å². The number of carbonyl (C=O) groups excluding carboxylic acids is 4. The van der Waals surface area contributed by atoms with E-state index in [-0.39, 0.29) is 24.5 Å². The molecule has 0 radical (unpaired) electrons. The third-order valence-electron chi connectivity index (χ3n) is 12.3. The van der Waals surface area contributed by atoms with Gasteiger partial charge in [0.25, 0.3) is 0 Å². The van der Waals surface area contributed by atoms with Crippen molar-refractivity contribution >= 4 is 30.0 Å². The van der Waals surface area contributed by atoms with Gasteiger partial charge in [-0.15, -0.1) is 0 Å². The lowest BCUT2D eigenvalue weighted by atomic mass is 9.88. The van der Waals surface area contributed by atoms with Crippen LogP contribution >= 0.6 is 0 Å². The third-order valence-corrected chi connectivity index (χ3v) is 12.3. The zero-order valence-corrected chi connectivity index (χ0v) is 41.0. The fraction of sp³-hybridized carbons (Fsp3) is 0.529. The van der Waals surface area contributed by atoms with Crippen molar-refractivity contribution in [2.45, 2.75) is 145 Å². The molecule has 3 aromatic rings. The van der Waals surface area contributed by atoms with E-state index < -0.39 is 160 Å². The molecule has 3 heterocycles. The molecule has 3 fully saturated rings. The molecule has 24 heteroatoms. The van der Waals surface area contributed by atoms with E-state index in [9.17, 15) is 70.2 Å². The highest BCUT2D eigenvalue weighted by molar-refractivity contribution is 5.87. The van der Waals surface area contributed by atoms with Crippen LogP contribution in [0.1, 0.15) is 50.3 Å². The summed E-state index contributed by atoms with van der Waals surface area (Å²) < 4.78 is 56.5. The Morgan fingerprint density at radius 1 is 0.600 bits per heavy atom. The second-order valence-corrected chi connectivity index (χ2v) is 18.5. The molecule has 3 aromatic carbocycles. The van der Waals surface area contributed by atoms with E-state index in [0.717, 1.165) is 13.0 Å². The Labute approximate surface area is 430 Å². The van der Waals surface area contributed by atoms with Crippen LogP contribution in [0.5, 0.6) is 11.5 Å². The molecule has 3 saturated heterocycles. The number of carbonyl (C=O) groups is 4. The summed E-state index contributed by atoms with van der Waals surface area (Å²) in [4.78, 5) is 53.6. The number of esters is 4. The number of ether oxygens (including phenoxy) is 10. The fourth-order valence-corrected chi connectivity index (χ4v) is 8.29. The lowest BCUT2D eigenvalue weighted by Crippen LogP contribution is -2.63. The van der Waals surface area contributed by atoms with E-state index in [1.54, 1.807) is 44.2 Å². The molecular formula is C51H64O24. The molecule has 6 rings (SSSR count). The molecule has 0 spiro atoms. The SMILES string of the molecule is CC(=O)OC[C@@H]1O[C@H](O[C@@](CC(=O)OCc2ccc(O[C@@H]3O[C@@H](CO)[C@@H](O)[C@H](O)[C@H]3O)cc2)(CC(C)C)C(=O)OCc2ccc(O[C@@H]3O[C@H](CO)[C@@H](O)[C@H](O)[C@H]3O)cc2)[C@H](O)[C@@H](O)[C@@H]1OC(=O)/C=C/c1ccccc1. The highest BCUT2D eigenvalue weighted by Crippen LogP contribution is 2.36. The van der Waals surface area contributed by atoms with Gasteiger partial charge in [-0.25, -0.2) is 9.59 Å². The Balaban J connectivity index is 1.21. The minimum absolute atomic E-state index is 0.104. The van der Waals surface area contributed by atoms with E-state index in [0.29, 0.717) is 16.7 Å². The van der Waals surface area contributed by atoms with Gasteiger partial charge in [0.2, 0.25) is 12.6 Å². The zero-order chi connectivity index (χ0) is 54.6. The van der Waals surface area contributed by atoms with Crippen molar-refractivity contribution in [1.29, 1.82) is 0 Å². The molecule has 3 aliphatic heterocycles. The van der Waals surface area contributed by atoms with Gasteiger partial charge in [0.1, 0.15) is 98.5 Å². The minimum atomic E-state index is -2.36. The molecule has 10 N–H and O–H groups in total. The Kier molecular flexibility index (Phi) is 21.0. The van der Waals surface area contributed by atoms with Gasteiger partial charge in [0.15, 0.2) is 18.0 Å². The monoisotopic (exact) mass is 1060 g/mol. The Morgan fingerprint density at radius 3 is 1.59 bits per heavy atom. The standard InChI is InChI=1S/C51H64O24/c1-26(2)19-51(50(65)68-24-30-11-16-32(17-12-30)70-48-44(63)41(60)39(58)34(22-53)72-48,20-37(56)67-23-29-9-14-31(15-10-29)69-47-43(62)40(59)38(57)33(21-52)71-47)75-49-45(64)42(61)46(35(73-49)25-66-27(3)54)74-36(55)18-13-28-7-5-4-6-8-28/h4-18,26,33-35,38-49,52-53,57-64H,19-25H2,1-3H3/b18-13+/t33-,34+,35-,38+,39+,40-,41-,42+,43+,44+,45+,46+,47+,48+,49+,51+/m0/s1. The number of aliphatic hydroxyl groups excluding tert-OH is 10. The topological polar surface area (TPSA) is 363 Å². The molecule has 0 aromatic heterocycles. The maximum Gasteiger partial charge on any atom is 0.339 e. The molecule has 0 bridgehead atoms. The van der Waals surface area contributed by atoms with E-state index in [2.05, 4.69) is 0 Å². The molecule has 412 valence electrons. The van der Waals surface area contributed by atoms with Crippen molar-refractivity contribution in [2.24, 2.45) is 5.92 Å². The van der Waals surface area contributed by atoms with Gasteiger partial charge in [-0.1, -0.05) is 68.4 Å². The summed E-state index contributed by atoms with van der Waals surface area (Å²) in [7, 11) is 0. The average Bonchev–Trinajstić information content (AvgIpc) is 3.39. The number of rotatable bonds is 22. The van der Waals surface area contributed by atoms with Crippen molar-refractivity contribution < 1.29 is 118 Å². The molecule has 0 aliphatic carbocycles. The first kappa shape index (κ1) is 58.6. The fourth-order valence-electron chi connectivity index (χ4n) is 8.29. The van der Waals surface area contributed by atoms with Gasteiger partial charge in [-0.05, 0) is 59.4 Å². The van der Waals surface area contributed by atoms with E-state index in [1.807, 2.05) is 0 Å². The highest BCUT2D eigenvalue weighted by atomic mass is 16.7. The Morgan fingerprint density at radius 2 is 1.09 bits per heavy atom. The summed E-state index contributed by atoms with van der Waals surface area (Å²) in [5.41, 5.74) is -0.980. The molecule has 0 unspecified atom stereocenters. The van der Waals surface area contributed by atoms with Crippen LogP contribution in [-0.2, 0) is 70.3 Å². The van der Waals surface area contributed by atoms with Crippen LogP contribution < -0.4 is 9.47 Å². The number of benzene rings is 3. The summed E-state index contributed by atoms with van der Waals surface area (Å²) in [5, 5.41) is 104. The van der Waals surface area contributed by atoms with Crippen LogP contribution in [0, 0.1) is 5.92 Å². The van der Waals surface area contributed by atoms with Gasteiger partial charge in [-0.2, -0.15) is 0 Å². The maximum atomic E-state index is 14.6. The molecule has 24 nitrogen and oxygen atoms in total. The van der Waals surface area contributed by atoms with Gasteiger partial charge < -0.3 is 98.4 Å². The number of hydrogen-bond acceptors (Lipinski definition) is 24. The largest absolute Gasteiger partial charge is 0.463 e. The lowest BCUT2D eigenvalue weighted by molar-refractivity contribution is -0.328.